The van der Waals surface area contributed by atoms with Gasteiger partial charge >= 0.3 is 8.74 Å². The first-order chi connectivity index (χ1) is 4.39. The van der Waals surface area contributed by atoms with Crippen LogP contribution >= 0.6 is 0 Å². The summed E-state index contributed by atoms with van der Waals surface area (Å²) in [5.41, 5.74) is -1.02. The third-order valence-corrected chi connectivity index (χ3v) is 3.24. The van der Waals surface area contributed by atoms with Gasteiger partial charge in [-0.05, 0) is 12.5 Å². The van der Waals surface area contributed by atoms with Gasteiger partial charge in [0.1, 0.15) is 0 Å². The van der Waals surface area contributed by atoms with Gasteiger partial charge in [0.15, 0.2) is 0 Å². The smallest absolute Gasteiger partial charge is 0.269 e. The van der Waals surface area contributed by atoms with Crippen molar-refractivity contribution in [2.75, 3.05) is 0 Å². The maximum absolute atomic E-state index is 12.6. The molecule has 0 saturated carbocycles. The average molecular weight is 163 g/mol. The van der Waals surface area contributed by atoms with Crippen LogP contribution in [0.25, 0.3) is 0 Å². The topological polar surface area (TPSA) is 23.8 Å². The minimum Gasteiger partial charge on any atom is -0.269 e. The van der Waals surface area contributed by atoms with Gasteiger partial charge in [0.25, 0.3) is 0 Å². The van der Waals surface area contributed by atoms with Crippen molar-refractivity contribution < 1.29 is 8.22 Å². The highest BCUT2D eigenvalue weighted by molar-refractivity contribution is 6.67. The highest BCUT2D eigenvalue weighted by Gasteiger charge is 2.41. The van der Waals surface area contributed by atoms with Crippen molar-refractivity contribution in [1.29, 1.82) is 5.26 Å². The van der Waals surface area contributed by atoms with E-state index in [-0.39, 0.29) is 5.92 Å². The van der Waals surface area contributed by atoms with Crippen molar-refractivity contribution in [2.24, 2.45) is 5.92 Å². The number of rotatable bonds is 2. The maximum atomic E-state index is 12.6. The Morgan fingerprint density at radius 2 is 1.80 bits per heavy atom. The van der Waals surface area contributed by atoms with Gasteiger partial charge in [0.2, 0.25) is 0 Å². The summed E-state index contributed by atoms with van der Waals surface area (Å²) in [5.74, 6) is -0.225. The molecular formula is C6H11F2NSi. The van der Waals surface area contributed by atoms with E-state index in [4.69, 9.17) is 5.26 Å². The van der Waals surface area contributed by atoms with E-state index in [2.05, 4.69) is 0 Å². The van der Waals surface area contributed by atoms with Crippen LogP contribution < -0.4 is 0 Å². The molecule has 0 aromatic heterocycles. The standard InChI is InChI=1S/C6H11F2NSi/c1-5(2)6(4-9)10(3,7)8/h5-6H,1-3H3. The summed E-state index contributed by atoms with van der Waals surface area (Å²) < 4.78 is 25.1. The minimum atomic E-state index is -4.21. The third kappa shape index (κ3) is 2.44. The van der Waals surface area contributed by atoms with Gasteiger partial charge < -0.3 is 0 Å². The van der Waals surface area contributed by atoms with Crippen LogP contribution in [0.5, 0.6) is 0 Å². The first kappa shape index (κ1) is 9.57. The molecule has 0 aliphatic rings. The van der Waals surface area contributed by atoms with Crippen molar-refractivity contribution in [3.8, 4) is 6.07 Å². The summed E-state index contributed by atoms with van der Waals surface area (Å²) in [6.45, 7) is 4.22. The Balaban J connectivity index is 4.26. The SMILES string of the molecule is CC(C)C(C#N)[Si](C)(F)F. The van der Waals surface area contributed by atoms with Crippen LogP contribution in [-0.4, -0.2) is 8.74 Å². The Hall–Kier alpha value is -0.433. The molecule has 1 unspecified atom stereocenters. The van der Waals surface area contributed by atoms with Crippen molar-refractivity contribution in [3.63, 3.8) is 0 Å². The summed E-state index contributed by atoms with van der Waals surface area (Å²) >= 11 is 0. The van der Waals surface area contributed by atoms with Crippen molar-refractivity contribution in [3.05, 3.63) is 0 Å². The summed E-state index contributed by atoms with van der Waals surface area (Å²) in [7, 11) is -4.21. The number of nitriles is 1. The Labute approximate surface area is 61.0 Å². The lowest BCUT2D eigenvalue weighted by Gasteiger charge is -2.16. The highest BCUT2D eigenvalue weighted by atomic mass is 28.4. The van der Waals surface area contributed by atoms with Crippen LogP contribution in [0.4, 0.5) is 8.22 Å². The zero-order valence-corrected chi connectivity index (χ0v) is 7.36. The van der Waals surface area contributed by atoms with E-state index in [1.807, 2.05) is 0 Å². The first-order valence-corrected chi connectivity index (χ1v) is 5.50. The van der Waals surface area contributed by atoms with Gasteiger partial charge in [-0.25, -0.2) is 0 Å². The first-order valence-electron chi connectivity index (χ1n) is 3.17. The number of hydrogen-bond acceptors (Lipinski definition) is 1. The van der Waals surface area contributed by atoms with Gasteiger partial charge in [0.05, 0.1) is 11.6 Å². The summed E-state index contributed by atoms with van der Waals surface area (Å²) in [5, 5.41) is 8.34. The Bertz CT molecular complexity index is 145. The Morgan fingerprint density at radius 3 is 1.80 bits per heavy atom. The van der Waals surface area contributed by atoms with Crippen molar-refractivity contribution in [1.82, 2.24) is 0 Å². The van der Waals surface area contributed by atoms with Gasteiger partial charge in [-0.3, -0.25) is 8.22 Å². The van der Waals surface area contributed by atoms with Gasteiger partial charge in [0, 0.05) is 0 Å². The molecule has 0 N–H and O–H groups in total. The molecule has 0 bridgehead atoms. The molecule has 0 aromatic rings. The molecule has 0 aliphatic carbocycles. The predicted molar refractivity (Wildman–Crippen MR) is 38.0 cm³/mol. The Morgan fingerprint density at radius 1 is 1.40 bits per heavy atom. The molecule has 0 aromatic carbocycles. The Kier molecular flexibility index (Phi) is 2.97. The molecule has 58 valence electrons. The number of halogens is 2. The fourth-order valence-corrected chi connectivity index (χ4v) is 2.25. The molecule has 0 spiro atoms. The second-order valence-electron chi connectivity index (χ2n) is 2.81. The van der Waals surface area contributed by atoms with Crippen LogP contribution in [0.3, 0.4) is 0 Å². The molecule has 1 nitrogen and oxygen atoms in total. The number of hydrogen-bond donors (Lipinski definition) is 0. The minimum absolute atomic E-state index is 0.225. The van der Waals surface area contributed by atoms with E-state index >= 15 is 0 Å². The van der Waals surface area contributed by atoms with Crippen molar-refractivity contribution >= 4 is 8.74 Å². The largest absolute Gasteiger partial charge is 0.438 e. The molecule has 4 heteroatoms. The molecule has 1 atom stereocenters. The van der Waals surface area contributed by atoms with Crippen molar-refractivity contribution in [2.45, 2.75) is 25.9 Å². The maximum Gasteiger partial charge on any atom is 0.438 e. The fraction of sp³-hybridized carbons (Fsp3) is 0.833. The van der Waals surface area contributed by atoms with Crippen LogP contribution in [0.15, 0.2) is 0 Å². The molecule has 0 amide bonds. The molecule has 0 rings (SSSR count). The highest BCUT2D eigenvalue weighted by Crippen LogP contribution is 2.30. The summed E-state index contributed by atoms with van der Waals surface area (Å²) in [6, 6.07) is 1.65. The molecule has 0 fully saturated rings. The predicted octanol–water partition coefficient (Wildman–Crippen LogP) is 2.55. The zero-order valence-electron chi connectivity index (χ0n) is 6.36. The quantitative estimate of drug-likeness (QED) is 0.453. The molecule has 0 heterocycles. The zero-order chi connectivity index (χ0) is 8.36. The molecule has 0 aliphatic heterocycles. The van der Waals surface area contributed by atoms with E-state index in [9.17, 15) is 8.22 Å². The molecule has 10 heavy (non-hydrogen) atoms. The van der Waals surface area contributed by atoms with E-state index in [0.717, 1.165) is 6.55 Å². The van der Waals surface area contributed by atoms with Crippen LogP contribution in [0.2, 0.25) is 12.1 Å². The lowest BCUT2D eigenvalue weighted by atomic mass is 10.1. The molecule has 0 radical (unpaired) electrons. The number of nitrogens with zero attached hydrogens (tertiary/aromatic N) is 1. The summed E-state index contributed by atoms with van der Waals surface area (Å²) in [4.78, 5) is 0. The average Bonchev–Trinajstić information content (AvgIpc) is 1.60. The van der Waals surface area contributed by atoms with E-state index in [0.29, 0.717) is 0 Å². The van der Waals surface area contributed by atoms with E-state index in [1.165, 1.54) is 0 Å². The fourth-order valence-electron chi connectivity index (χ4n) is 0.848. The lowest BCUT2D eigenvalue weighted by Crippen LogP contribution is -2.27. The van der Waals surface area contributed by atoms with Gasteiger partial charge in [-0.2, -0.15) is 5.26 Å². The summed E-state index contributed by atoms with van der Waals surface area (Å²) in [6.07, 6.45) is 0. The van der Waals surface area contributed by atoms with E-state index in [1.54, 1.807) is 19.9 Å². The van der Waals surface area contributed by atoms with Gasteiger partial charge in [-0.15, -0.1) is 0 Å². The normalized spacial score (nSPS) is 14.9. The van der Waals surface area contributed by atoms with Crippen LogP contribution in [0.1, 0.15) is 13.8 Å². The van der Waals surface area contributed by atoms with Crippen LogP contribution in [0, 0.1) is 17.2 Å². The molecule has 0 saturated heterocycles. The molecular weight excluding hydrogens is 152 g/mol. The lowest BCUT2D eigenvalue weighted by molar-refractivity contribution is 0.524. The van der Waals surface area contributed by atoms with E-state index < -0.39 is 14.3 Å². The monoisotopic (exact) mass is 163 g/mol. The van der Waals surface area contributed by atoms with Gasteiger partial charge in [-0.1, -0.05) is 13.8 Å². The second kappa shape index (κ2) is 3.11. The van der Waals surface area contributed by atoms with Crippen LogP contribution in [-0.2, 0) is 0 Å². The third-order valence-electron chi connectivity index (χ3n) is 1.35. The second-order valence-corrected chi connectivity index (χ2v) is 5.34.